The Hall–Kier alpha value is -2.77. The summed E-state index contributed by atoms with van der Waals surface area (Å²) in [6, 6.07) is 3.19. The molecule has 0 radical (unpaired) electrons. The summed E-state index contributed by atoms with van der Waals surface area (Å²) in [6.45, 7) is 7.22. The third-order valence-electron chi connectivity index (χ3n) is 4.20. The van der Waals surface area contributed by atoms with E-state index in [9.17, 15) is 10.1 Å². The Morgan fingerprint density at radius 3 is 2.60 bits per heavy atom. The molecule has 8 heteroatoms. The highest BCUT2D eigenvalue weighted by molar-refractivity contribution is 5.59. The second-order valence-corrected chi connectivity index (χ2v) is 6.49. The van der Waals surface area contributed by atoms with Gasteiger partial charge in [-0.05, 0) is 25.8 Å². The van der Waals surface area contributed by atoms with Crippen LogP contribution >= 0.6 is 0 Å². The van der Waals surface area contributed by atoms with Crippen LogP contribution in [-0.2, 0) is 0 Å². The lowest BCUT2D eigenvalue weighted by Crippen LogP contribution is -2.32. The molecule has 0 N–H and O–H groups in total. The lowest BCUT2D eigenvalue weighted by Gasteiger charge is -2.29. The van der Waals surface area contributed by atoms with Crippen molar-refractivity contribution >= 4 is 17.6 Å². The van der Waals surface area contributed by atoms with Crippen molar-refractivity contribution in [1.82, 2.24) is 15.1 Å². The largest absolute Gasteiger partial charge is 0.350 e. The van der Waals surface area contributed by atoms with Crippen LogP contribution in [0.2, 0.25) is 0 Å². The van der Waals surface area contributed by atoms with E-state index in [-0.39, 0.29) is 16.5 Å². The molecule has 1 aliphatic heterocycles. The molecule has 0 bridgehead atoms. The Kier molecular flexibility index (Phi) is 4.78. The highest BCUT2D eigenvalue weighted by Crippen LogP contribution is 2.30. The molecule has 25 heavy (non-hydrogen) atoms. The zero-order valence-corrected chi connectivity index (χ0v) is 14.6. The highest BCUT2D eigenvalue weighted by Gasteiger charge is 2.24. The van der Waals surface area contributed by atoms with E-state index in [2.05, 4.69) is 15.1 Å². The maximum Gasteiger partial charge on any atom is 0.311 e. The fraction of sp³-hybridized carbons (Fsp3) is 0.471. The molecular formula is C17H21N5O3. The van der Waals surface area contributed by atoms with Gasteiger partial charge in [0, 0.05) is 36.8 Å². The molecule has 0 saturated carbocycles. The van der Waals surface area contributed by atoms with Crippen molar-refractivity contribution in [3.8, 4) is 0 Å². The normalized spacial score (nSPS) is 14.9. The number of rotatable bonds is 4. The first-order valence-corrected chi connectivity index (χ1v) is 8.34. The summed E-state index contributed by atoms with van der Waals surface area (Å²) in [5, 5.41) is 15.2. The number of hydrogen-bond acceptors (Lipinski definition) is 7. The van der Waals surface area contributed by atoms with Crippen LogP contribution < -0.4 is 4.90 Å². The monoisotopic (exact) mass is 343 g/mol. The van der Waals surface area contributed by atoms with Crippen molar-refractivity contribution in [3.05, 3.63) is 45.2 Å². The summed E-state index contributed by atoms with van der Waals surface area (Å²) in [5.74, 6) is 1.89. The van der Waals surface area contributed by atoms with Crippen LogP contribution in [0.5, 0.6) is 0 Å². The first kappa shape index (κ1) is 17.1. The third kappa shape index (κ3) is 3.84. The van der Waals surface area contributed by atoms with Crippen molar-refractivity contribution in [3.63, 3.8) is 0 Å². The summed E-state index contributed by atoms with van der Waals surface area (Å²) in [4.78, 5) is 21.6. The van der Waals surface area contributed by atoms with E-state index in [1.54, 1.807) is 6.07 Å². The zero-order chi connectivity index (χ0) is 18.0. The summed E-state index contributed by atoms with van der Waals surface area (Å²) < 4.78 is 5.25. The van der Waals surface area contributed by atoms with Crippen LogP contribution in [-0.4, -0.2) is 33.1 Å². The zero-order valence-electron chi connectivity index (χ0n) is 14.6. The highest BCUT2D eigenvalue weighted by atomic mass is 16.6. The van der Waals surface area contributed by atoms with Crippen LogP contribution in [0.1, 0.15) is 50.0 Å². The topological polar surface area (TPSA) is 98.2 Å². The quantitative estimate of drug-likeness (QED) is 0.619. The molecule has 0 spiro atoms. The number of nitrogens with zero attached hydrogens (tertiary/aromatic N) is 5. The van der Waals surface area contributed by atoms with E-state index in [1.165, 1.54) is 11.6 Å². The van der Waals surface area contributed by atoms with Gasteiger partial charge in [-0.25, -0.2) is 4.98 Å². The van der Waals surface area contributed by atoms with Gasteiger partial charge in [0.25, 0.3) is 5.89 Å². The SMILES string of the molecule is Cc1ccc([N+](=O)[O-])c(N2CCC(=Cc3nc(C(C)C)no3)CC2)n1. The lowest BCUT2D eigenvalue weighted by atomic mass is 10.0. The predicted molar refractivity (Wildman–Crippen MR) is 93.4 cm³/mol. The molecule has 0 unspecified atom stereocenters. The van der Waals surface area contributed by atoms with Crippen LogP contribution in [0, 0.1) is 17.0 Å². The minimum Gasteiger partial charge on any atom is -0.350 e. The van der Waals surface area contributed by atoms with Gasteiger partial charge in [0.15, 0.2) is 5.82 Å². The average Bonchev–Trinajstić information content (AvgIpc) is 3.04. The molecule has 3 rings (SSSR count). The fourth-order valence-electron chi connectivity index (χ4n) is 2.78. The fourth-order valence-corrected chi connectivity index (χ4v) is 2.78. The van der Waals surface area contributed by atoms with Gasteiger partial charge in [0.1, 0.15) is 0 Å². The van der Waals surface area contributed by atoms with Crippen molar-refractivity contribution < 1.29 is 9.45 Å². The smallest absolute Gasteiger partial charge is 0.311 e. The Morgan fingerprint density at radius 1 is 1.28 bits per heavy atom. The van der Waals surface area contributed by atoms with Gasteiger partial charge >= 0.3 is 5.69 Å². The molecule has 0 aliphatic carbocycles. The van der Waals surface area contributed by atoms with Crippen LogP contribution in [0.15, 0.2) is 22.2 Å². The van der Waals surface area contributed by atoms with Crippen LogP contribution in [0.3, 0.4) is 0 Å². The molecule has 0 atom stereocenters. The van der Waals surface area contributed by atoms with Gasteiger partial charge in [-0.1, -0.05) is 24.6 Å². The number of aryl methyl sites for hydroxylation is 1. The number of aromatic nitrogens is 3. The van der Waals surface area contributed by atoms with Crippen molar-refractivity contribution in [1.29, 1.82) is 0 Å². The van der Waals surface area contributed by atoms with E-state index in [0.29, 0.717) is 30.6 Å². The first-order chi connectivity index (χ1) is 11.9. The molecule has 132 valence electrons. The van der Waals surface area contributed by atoms with E-state index < -0.39 is 0 Å². The predicted octanol–water partition coefficient (Wildman–Crippen LogP) is 3.49. The minimum absolute atomic E-state index is 0.0523. The van der Waals surface area contributed by atoms with Gasteiger partial charge in [-0.3, -0.25) is 10.1 Å². The summed E-state index contributed by atoms with van der Waals surface area (Å²) >= 11 is 0. The molecular weight excluding hydrogens is 322 g/mol. The minimum atomic E-state index is -0.376. The van der Waals surface area contributed by atoms with E-state index in [0.717, 1.165) is 18.5 Å². The van der Waals surface area contributed by atoms with Gasteiger partial charge in [-0.2, -0.15) is 4.98 Å². The van der Waals surface area contributed by atoms with Crippen molar-refractivity contribution in [2.45, 2.75) is 39.5 Å². The molecule has 1 saturated heterocycles. The number of anilines is 1. The molecule has 3 heterocycles. The van der Waals surface area contributed by atoms with Gasteiger partial charge in [0.05, 0.1) is 4.92 Å². The molecule has 0 amide bonds. The molecule has 1 fully saturated rings. The number of nitro groups is 1. The van der Waals surface area contributed by atoms with Crippen molar-refractivity contribution in [2.24, 2.45) is 0 Å². The van der Waals surface area contributed by atoms with Gasteiger partial charge in [0.2, 0.25) is 5.82 Å². The van der Waals surface area contributed by atoms with E-state index >= 15 is 0 Å². The number of pyridine rings is 1. The Morgan fingerprint density at radius 2 is 2.00 bits per heavy atom. The maximum absolute atomic E-state index is 11.2. The Labute approximate surface area is 145 Å². The number of piperidine rings is 1. The van der Waals surface area contributed by atoms with E-state index in [4.69, 9.17) is 4.52 Å². The van der Waals surface area contributed by atoms with Crippen LogP contribution in [0.4, 0.5) is 11.5 Å². The summed E-state index contributed by atoms with van der Waals surface area (Å²) in [7, 11) is 0. The first-order valence-electron chi connectivity index (χ1n) is 8.34. The number of hydrogen-bond donors (Lipinski definition) is 0. The van der Waals surface area contributed by atoms with Gasteiger partial charge < -0.3 is 9.42 Å². The molecule has 0 aromatic carbocycles. The van der Waals surface area contributed by atoms with Crippen molar-refractivity contribution in [2.75, 3.05) is 18.0 Å². The summed E-state index contributed by atoms with van der Waals surface area (Å²) in [6.07, 6.45) is 3.49. The average molecular weight is 343 g/mol. The molecule has 8 nitrogen and oxygen atoms in total. The summed E-state index contributed by atoms with van der Waals surface area (Å²) in [5.41, 5.74) is 2.02. The van der Waals surface area contributed by atoms with Gasteiger partial charge in [-0.15, -0.1) is 0 Å². The maximum atomic E-state index is 11.2. The second-order valence-electron chi connectivity index (χ2n) is 6.49. The molecule has 2 aromatic heterocycles. The standard InChI is InChI=1S/C17H21N5O3/c1-11(2)16-19-15(25-20-16)10-13-6-8-21(9-7-13)17-14(22(23)24)5-4-12(3)18-17/h4-5,10-11H,6-9H2,1-3H3. The Balaban J connectivity index is 1.72. The molecule has 2 aromatic rings. The van der Waals surface area contributed by atoms with E-state index in [1.807, 2.05) is 31.7 Å². The Bertz CT molecular complexity index is 802. The van der Waals surface area contributed by atoms with Crippen LogP contribution in [0.25, 0.3) is 6.08 Å². The third-order valence-corrected chi connectivity index (χ3v) is 4.20. The lowest BCUT2D eigenvalue weighted by molar-refractivity contribution is -0.384. The molecule has 1 aliphatic rings. The second kappa shape index (κ2) is 7.00.